The number of carbonyl (C=O) groups is 1. The van der Waals surface area contributed by atoms with Crippen LogP contribution < -0.4 is 15.0 Å². The summed E-state index contributed by atoms with van der Waals surface area (Å²) in [5, 5.41) is 5.04. The number of para-hydroxylation sites is 1. The number of esters is 1. The van der Waals surface area contributed by atoms with Gasteiger partial charge in [0.15, 0.2) is 11.9 Å². The second-order valence-electron chi connectivity index (χ2n) is 9.23. The molecule has 0 N–H and O–H groups in total. The number of hydrogen-bond donors (Lipinski definition) is 0. The molecule has 0 amide bonds. The van der Waals surface area contributed by atoms with Crippen molar-refractivity contribution in [3.63, 3.8) is 0 Å². The molecule has 0 aliphatic rings. The number of aromatic nitrogens is 2. The van der Waals surface area contributed by atoms with Gasteiger partial charge in [-0.25, -0.2) is 9.78 Å². The molecule has 0 fully saturated rings. The summed E-state index contributed by atoms with van der Waals surface area (Å²) in [6, 6.07) is 18.3. The Labute approximate surface area is 221 Å². The Hall–Kier alpha value is -4.46. The molecule has 0 aliphatic carbocycles. The molecule has 4 aromatic rings. The quantitative estimate of drug-likeness (QED) is 0.234. The van der Waals surface area contributed by atoms with Crippen LogP contribution in [0.25, 0.3) is 22.3 Å². The predicted molar refractivity (Wildman–Crippen MR) is 148 cm³/mol. The van der Waals surface area contributed by atoms with E-state index in [4.69, 9.17) is 19.2 Å². The Morgan fingerprint density at radius 2 is 1.74 bits per heavy atom. The van der Waals surface area contributed by atoms with Gasteiger partial charge in [0.05, 0.1) is 31.3 Å². The van der Waals surface area contributed by atoms with Gasteiger partial charge in [-0.05, 0) is 85.0 Å². The van der Waals surface area contributed by atoms with Gasteiger partial charge < -0.3 is 14.2 Å². The molecule has 1 aromatic heterocycles. The first-order valence-corrected chi connectivity index (χ1v) is 12.3. The van der Waals surface area contributed by atoms with Crippen LogP contribution in [0.2, 0.25) is 0 Å². The molecule has 0 saturated heterocycles. The van der Waals surface area contributed by atoms with Crippen LogP contribution in [-0.4, -0.2) is 42.2 Å². The lowest BCUT2D eigenvalue weighted by atomic mass is 9.96. The van der Waals surface area contributed by atoms with Crippen LogP contribution >= 0.6 is 0 Å². The fraction of sp³-hybridized carbons (Fsp3) is 0.267. The molecule has 3 aromatic carbocycles. The minimum atomic E-state index is -0.729. The van der Waals surface area contributed by atoms with Gasteiger partial charge in [0.2, 0.25) is 0 Å². The van der Waals surface area contributed by atoms with Crippen LogP contribution in [0.15, 0.2) is 70.6 Å². The molecule has 4 rings (SSSR count). The first kappa shape index (κ1) is 26.6. The molecule has 0 spiro atoms. The van der Waals surface area contributed by atoms with Gasteiger partial charge in [-0.1, -0.05) is 26.0 Å². The highest BCUT2D eigenvalue weighted by molar-refractivity contribution is 5.82. The van der Waals surface area contributed by atoms with Gasteiger partial charge in [-0.3, -0.25) is 4.79 Å². The highest BCUT2D eigenvalue weighted by Gasteiger charge is 2.18. The Morgan fingerprint density at radius 3 is 2.39 bits per heavy atom. The van der Waals surface area contributed by atoms with Crippen LogP contribution in [0.4, 0.5) is 0 Å². The standard InChI is InChI=1S/C30H31N3O5/c1-18(2)24-16-25(19(3)15-27(24)36-5)28-32-26-10-8-7-9-23(26)29(34)33(28)31-17-21-11-13-22(14-12-21)38-20(4)30(35)37-6/h7-18,20H,1-6H3/t20-/m0/s1. The molecule has 0 radical (unpaired) electrons. The van der Waals surface area contributed by atoms with Crippen LogP contribution in [0.1, 0.15) is 43.4 Å². The Morgan fingerprint density at radius 1 is 1.03 bits per heavy atom. The van der Waals surface area contributed by atoms with E-state index < -0.39 is 12.1 Å². The number of carbonyl (C=O) groups excluding carboxylic acids is 1. The van der Waals surface area contributed by atoms with Gasteiger partial charge in [-0.15, -0.1) is 0 Å². The SMILES string of the molecule is COC(=O)[C@H](C)Oc1ccc(C=Nn2c(-c3cc(C(C)C)c(OC)cc3C)nc3ccccc3c2=O)cc1. The van der Waals surface area contributed by atoms with E-state index in [-0.39, 0.29) is 11.5 Å². The van der Waals surface area contributed by atoms with E-state index in [2.05, 4.69) is 18.9 Å². The zero-order chi connectivity index (χ0) is 27.4. The van der Waals surface area contributed by atoms with Crippen LogP contribution in [0.3, 0.4) is 0 Å². The Kier molecular flexibility index (Phi) is 7.90. The van der Waals surface area contributed by atoms with E-state index >= 15 is 0 Å². The minimum Gasteiger partial charge on any atom is -0.496 e. The van der Waals surface area contributed by atoms with Crippen molar-refractivity contribution in [1.29, 1.82) is 0 Å². The van der Waals surface area contributed by atoms with Crippen molar-refractivity contribution in [1.82, 2.24) is 9.66 Å². The average Bonchev–Trinajstić information content (AvgIpc) is 2.92. The molecular formula is C30H31N3O5. The third kappa shape index (κ3) is 5.44. The van der Waals surface area contributed by atoms with E-state index in [0.29, 0.717) is 22.5 Å². The fourth-order valence-electron chi connectivity index (χ4n) is 4.15. The summed E-state index contributed by atoms with van der Waals surface area (Å²) in [6.07, 6.45) is 0.865. The number of ether oxygens (including phenoxy) is 3. The first-order chi connectivity index (χ1) is 18.2. The third-order valence-electron chi connectivity index (χ3n) is 6.24. The van der Waals surface area contributed by atoms with Crippen molar-refractivity contribution in [2.24, 2.45) is 5.10 Å². The topological polar surface area (TPSA) is 92.0 Å². The van der Waals surface area contributed by atoms with Crippen molar-refractivity contribution in [3.8, 4) is 22.9 Å². The maximum Gasteiger partial charge on any atom is 0.346 e. The van der Waals surface area contributed by atoms with E-state index in [1.165, 1.54) is 11.8 Å². The molecule has 1 heterocycles. The van der Waals surface area contributed by atoms with Crippen LogP contribution in [-0.2, 0) is 9.53 Å². The number of fused-ring (bicyclic) bond motifs is 1. The van der Waals surface area contributed by atoms with Crippen molar-refractivity contribution in [2.45, 2.75) is 39.7 Å². The number of aryl methyl sites for hydroxylation is 1. The summed E-state index contributed by atoms with van der Waals surface area (Å²) in [5.74, 6) is 1.50. The van der Waals surface area contributed by atoms with Crippen LogP contribution in [0.5, 0.6) is 11.5 Å². The number of benzene rings is 3. The highest BCUT2D eigenvalue weighted by atomic mass is 16.6. The van der Waals surface area contributed by atoms with Crippen LogP contribution in [0, 0.1) is 6.92 Å². The normalized spacial score (nSPS) is 12.2. The lowest BCUT2D eigenvalue weighted by Gasteiger charge is -2.17. The monoisotopic (exact) mass is 513 g/mol. The molecule has 0 saturated carbocycles. The van der Waals surface area contributed by atoms with Crippen molar-refractivity contribution in [3.05, 3.63) is 87.7 Å². The molecule has 0 unspecified atom stereocenters. The summed E-state index contributed by atoms with van der Waals surface area (Å²) in [4.78, 5) is 30.1. The number of hydrogen-bond acceptors (Lipinski definition) is 7. The van der Waals surface area contributed by atoms with Gasteiger partial charge >= 0.3 is 5.97 Å². The van der Waals surface area contributed by atoms with Crippen molar-refractivity contribution >= 4 is 23.1 Å². The van der Waals surface area contributed by atoms with E-state index in [0.717, 1.165) is 28.0 Å². The molecule has 1 atom stereocenters. The number of methoxy groups -OCH3 is 2. The van der Waals surface area contributed by atoms with E-state index in [1.54, 1.807) is 50.6 Å². The van der Waals surface area contributed by atoms with E-state index in [9.17, 15) is 9.59 Å². The molecule has 8 heteroatoms. The lowest BCUT2D eigenvalue weighted by molar-refractivity contribution is -0.147. The van der Waals surface area contributed by atoms with Gasteiger partial charge in [0.25, 0.3) is 5.56 Å². The first-order valence-electron chi connectivity index (χ1n) is 12.3. The molecular weight excluding hydrogens is 482 g/mol. The van der Waals surface area contributed by atoms with Gasteiger partial charge in [-0.2, -0.15) is 9.78 Å². The summed E-state index contributed by atoms with van der Waals surface area (Å²) in [6.45, 7) is 7.77. The minimum absolute atomic E-state index is 0.205. The molecule has 8 nitrogen and oxygen atoms in total. The molecule has 0 bridgehead atoms. The summed E-state index contributed by atoms with van der Waals surface area (Å²) >= 11 is 0. The highest BCUT2D eigenvalue weighted by Crippen LogP contribution is 2.34. The fourth-order valence-corrected chi connectivity index (χ4v) is 4.15. The Balaban J connectivity index is 1.79. The number of rotatable bonds is 8. The Bertz CT molecular complexity index is 1560. The largest absolute Gasteiger partial charge is 0.496 e. The van der Waals surface area contributed by atoms with E-state index in [1.807, 2.05) is 37.3 Å². The summed E-state index contributed by atoms with van der Waals surface area (Å²) in [7, 11) is 2.97. The third-order valence-corrected chi connectivity index (χ3v) is 6.24. The predicted octanol–water partition coefficient (Wildman–Crippen LogP) is 5.33. The summed E-state index contributed by atoms with van der Waals surface area (Å²) in [5.41, 5.74) is 3.80. The van der Waals surface area contributed by atoms with Gasteiger partial charge in [0.1, 0.15) is 11.5 Å². The molecule has 0 aliphatic heterocycles. The zero-order valence-electron chi connectivity index (χ0n) is 22.4. The summed E-state index contributed by atoms with van der Waals surface area (Å²) < 4.78 is 17.2. The second kappa shape index (κ2) is 11.3. The second-order valence-corrected chi connectivity index (χ2v) is 9.23. The van der Waals surface area contributed by atoms with Crippen molar-refractivity contribution < 1.29 is 19.0 Å². The lowest BCUT2D eigenvalue weighted by Crippen LogP contribution is -2.24. The maximum atomic E-state index is 13.6. The average molecular weight is 514 g/mol. The number of nitrogens with zero attached hydrogens (tertiary/aromatic N) is 3. The molecule has 38 heavy (non-hydrogen) atoms. The molecule has 196 valence electrons. The maximum absolute atomic E-state index is 13.6. The zero-order valence-corrected chi connectivity index (χ0v) is 22.4. The smallest absolute Gasteiger partial charge is 0.346 e. The van der Waals surface area contributed by atoms with Crippen molar-refractivity contribution in [2.75, 3.05) is 14.2 Å². The van der Waals surface area contributed by atoms with Gasteiger partial charge in [0, 0.05) is 5.56 Å².